The van der Waals surface area contributed by atoms with E-state index >= 15 is 0 Å². The van der Waals surface area contributed by atoms with Gasteiger partial charge in [0, 0.05) is 25.3 Å². The zero-order valence-corrected chi connectivity index (χ0v) is 12.7. The Kier molecular flexibility index (Phi) is 4.48. The van der Waals surface area contributed by atoms with Crippen molar-refractivity contribution in [3.8, 4) is 0 Å². The van der Waals surface area contributed by atoms with Crippen molar-refractivity contribution in [1.82, 2.24) is 10.2 Å². The summed E-state index contributed by atoms with van der Waals surface area (Å²) in [6.45, 7) is 2.38. The average Bonchev–Trinajstić information content (AvgIpc) is 2.42. The Morgan fingerprint density at radius 2 is 1.74 bits per heavy atom. The van der Waals surface area contributed by atoms with Crippen molar-refractivity contribution in [2.75, 3.05) is 46.2 Å². The molecule has 1 aromatic rings. The molecule has 1 N–H and O–H groups in total. The second kappa shape index (κ2) is 5.93. The van der Waals surface area contributed by atoms with Crippen molar-refractivity contribution >= 4 is 5.69 Å². The summed E-state index contributed by atoms with van der Waals surface area (Å²) >= 11 is 0. The van der Waals surface area contributed by atoms with Crippen LogP contribution in [-0.2, 0) is 6.42 Å². The maximum atomic E-state index is 3.59. The fourth-order valence-corrected chi connectivity index (χ4v) is 2.86. The van der Waals surface area contributed by atoms with Gasteiger partial charge in [-0.05, 0) is 64.1 Å². The molecule has 0 aromatic heterocycles. The number of anilines is 1. The standard InChI is InChI=1S/C16H27N3/c1-17-16(9-11-19(4)12-10-16)13-14-5-7-15(8-6-14)18(2)3/h5-8,17H,9-13H2,1-4H3. The molecular formula is C16H27N3. The van der Waals surface area contributed by atoms with Crippen LogP contribution in [0, 0.1) is 0 Å². The molecule has 1 heterocycles. The predicted octanol–water partition coefficient (Wildman–Crippen LogP) is 1.98. The van der Waals surface area contributed by atoms with E-state index in [9.17, 15) is 0 Å². The van der Waals surface area contributed by atoms with E-state index in [-0.39, 0.29) is 5.54 Å². The van der Waals surface area contributed by atoms with E-state index < -0.39 is 0 Å². The molecule has 0 atom stereocenters. The molecule has 0 bridgehead atoms. The lowest BCUT2D eigenvalue weighted by Gasteiger charge is -2.41. The van der Waals surface area contributed by atoms with Crippen LogP contribution < -0.4 is 10.2 Å². The van der Waals surface area contributed by atoms with E-state index in [1.165, 1.54) is 37.2 Å². The van der Waals surface area contributed by atoms with Gasteiger partial charge in [-0.2, -0.15) is 0 Å². The first kappa shape index (κ1) is 14.4. The van der Waals surface area contributed by atoms with Crippen LogP contribution in [0.1, 0.15) is 18.4 Å². The highest BCUT2D eigenvalue weighted by molar-refractivity contribution is 5.46. The number of nitrogens with zero attached hydrogens (tertiary/aromatic N) is 2. The molecule has 19 heavy (non-hydrogen) atoms. The maximum absolute atomic E-state index is 3.59. The molecule has 0 amide bonds. The van der Waals surface area contributed by atoms with Crippen LogP contribution >= 0.6 is 0 Å². The molecule has 1 fully saturated rings. The first-order chi connectivity index (χ1) is 9.04. The van der Waals surface area contributed by atoms with Gasteiger partial charge in [-0.25, -0.2) is 0 Å². The van der Waals surface area contributed by atoms with Gasteiger partial charge in [-0.3, -0.25) is 0 Å². The van der Waals surface area contributed by atoms with Gasteiger partial charge >= 0.3 is 0 Å². The van der Waals surface area contributed by atoms with E-state index in [2.05, 4.69) is 67.6 Å². The third-order valence-electron chi connectivity index (χ3n) is 4.47. The number of rotatable bonds is 4. The molecule has 3 heteroatoms. The van der Waals surface area contributed by atoms with Gasteiger partial charge in [0.25, 0.3) is 0 Å². The molecule has 106 valence electrons. The summed E-state index contributed by atoms with van der Waals surface area (Å²) in [5.41, 5.74) is 2.99. The first-order valence-corrected chi connectivity index (χ1v) is 7.18. The second-order valence-corrected chi connectivity index (χ2v) is 6.07. The number of hydrogen-bond donors (Lipinski definition) is 1. The Morgan fingerprint density at radius 1 is 1.16 bits per heavy atom. The molecule has 0 saturated carbocycles. The maximum Gasteiger partial charge on any atom is 0.0361 e. The summed E-state index contributed by atoms with van der Waals surface area (Å²) in [6, 6.07) is 8.97. The Hall–Kier alpha value is -1.06. The molecule has 1 aliphatic rings. The fraction of sp³-hybridized carbons (Fsp3) is 0.625. The van der Waals surface area contributed by atoms with Gasteiger partial charge in [0.1, 0.15) is 0 Å². The van der Waals surface area contributed by atoms with Crippen LogP contribution in [0.3, 0.4) is 0 Å². The van der Waals surface area contributed by atoms with Crippen molar-refractivity contribution < 1.29 is 0 Å². The van der Waals surface area contributed by atoms with Crippen molar-refractivity contribution in [3.05, 3.63) is 29.8 Å². The summed E-state index contributed by atoms with van der Waals surface area (Å²) < 4.78 is 0. The molecule has 0 aliphatic carbocycles. The van der Waals surface area contributed by atoms with Crippen LogP contribution in [0.2, 0.25) is 0 Å². The summed E-state index contributed by atoms with van der Waals surface area (Å²) in [5.74, 6) is 0. The Balaban J connectivity index is 2.06. The van der Waals surface area contributed by atoms with Gasteiger partial charge in [-0.15, -0.1) is 0 Å². The Labute approximate surface area is 117 Å². The highest BCUT2D eigenvalue weighted by Gasteiger charge is 2.31. The zero-order valence-electron chi connectivity index (χ0n) is 12.7. The smallest absolute Gasteiger partial charge is 0.0361 e. The number of hydrogen-bond acceptors (Lipinski definition) is 3. The van der Waals surface area contributed by atoms with E-state index in [1.54, 1.807) is 0 Å². The summed E-state index contributed by atoms with van der Waals surface area (Å²) in [7, 11) is 8.49. The minimum Gasteiger partial charge on any atom is -0.378 e. The Morgan fingerprint density at radius 3 is 2.21 bits per heavy atom. The average molecular weight is 261 g/mol. The molecule has 2 rings (SSSR count). The molecule has 0 radical (unpaired) electrons. The first-order valence-electron chi connectivity index (χ1n) is 7.18. The topological polar surface area (TPSA) is 18.5 Å². The second-order valence-electron chi connectivity index (χ2n) is 6.07. The van der Waals surface area contributed by atoms with Gasteiger partial charge in [0.2, 0.25) is 0 Å². The van der Waals surface area contributed by atoms with Crippen molar-refractivity contribution in [2.24, 2.45) is 0 Å². The third kappa shape index (κ3) is 3.48. The lowest BCUT2D eigenvalue weighted by molar-refractivity contribution is 0.163. The number of nitrogens with one attached hydrogen (secondary N) is 1. The van der Waals surface area contributed by atoms with E-state index in [1.807, 2.05) is 0 Å². The van der Waals surface area contributed by atoms with Crippen LogP contribution in [0.4, 0.5) is 5.69 Å². The molecule has 1 aromatic carbocycles. The number of likely N-dealkylation sites (N-methyl/N-ethyl adjacent to an activating group) is 1. The van der Waals surface area contributed by atoms with Crippen LogP contribution in [0.25, 0.3) is 0 Å². The highest BCUT2D eigenvalue weighted by Crippen LogP contribution is 2.26. The molecule has 0 spiro atoms. The fourth-order valence-electron chi connectivity index (χ4n) is 2.86. The monoisotopic (exact) mass is 261 g/mol. The minimum absolute atomic E-state index is 0.284. The number of benzene rings is 1. The van der Waals surface area contributed by atoms with Crippen LogP contribution in [0.5, 0.6) is 0 Å². The molecule has 3 nitrogen and oxygen atoms in total. The van der Waals surface area contributed by atoms with Gasteiger partial charge in [0.05, 0.1) is 0 Å². The SMILES string of the molecule is CNC1(Cc2ccc(N(C)C)cc2)CCN(C)CC1. The van der Waals surface area contributed by atoms with Gasteiger partial charge in [0.15, 0.2) is 0 Å². The summed E-state index contributed by atoms with van der Waals surface area (Å²) in [4.78, 5) is 4.57. The lowest BCUT2D eigenvalue weighted by Crippen LogP contribution is -2.52. The van der Waals surface area contributed by atoms with Gasteiger partial charge < -0.3 is 15.1 Å². The van der Waals surface area contributed by atoms with Crippen molar-refractivity contribution in [2.45, 2.75) is 24.8 Å². The minimum atomic E-state index is 0.284. The lowest BCUT2D eigenvalue weighted by atomic mass is 9.82. The summed E-state index contributed by atoms with van der Waals surface area (Å²) in [6.07, 6.45) is 3.59. The largest absolute Gasteiger partial charge is 0.378 e. The third-order valence-corrected chi connectivity index (χ3v) is 4.47. The van der Waals surface area contributed by atoms with Crippen molar-refractivity contribution in [3.63, 3.8) is 0 Å². The number of piperidine rings is 1. The van der Waals surface area contributed by atoms with E-state index in [0.29, 0.717) is 0 Å². The molecule has 1 saturated heterocycles. The highest BCUT2D eigenvalue weighted by atomic mass is 15.1. The molecular weight excluding hydrogens is 234 g/mol. The number of likely N-dealkylation sites (tertiary alicyclic amines) is 1. The van der Waals surface area contributed by atoms with Crippen LogP contribution in [-0.4, -0.2) is 51.7 Å². The van der Waals surface area contributed by atoms with Crippen molar-refractivity contribution in [1.29, 1.82) is 0 Å². The summed E-state index contributed by atoms with van der Waals surface area (Å²) in [5, 5.41) is 3.59. The predicted molar refractivity (Wildman–Crippen MR) is 83.0 cm³/mol. The zero-order chi connectivity index (χ0) is 13.9. The molecule has 0 unspecified atom stereocenters. The Bertz CT molecular complexity index is 389. The normalized spacial score (nSPS) is 19.4. The quantitative estimate of drug-likeness (QED) is 0.894. The van der Waals surface area contributed by atoms with E-state index in [4.69, 9.17) is 0 Å². The molecule has 1 aliphatic heterocycles. The van der Waals surface area contributed by atoms with E-state index in [0.717, 1.165) is 6.42 Å². The van der Waals surface area contributed by atoms with Crippen LogP contribution in [0.15, 0.2) is 24.3 Å². The van der Waals surface area contributed by atoms with Gasteiger partial charge in [-0.1, -0.05) is 12.1 Å².